The number of ether oxygens (including phenoxy) is 1. The predicted octanol–water partition coefficient (Wildman–Crippen LogP) is 2.99. The molecule has 0 radical (unpaired) electrons. The van der Waals surface area contributed by atoms with E-state index in [2.05, 4.69) is 20.7 Å². The molecule has 11 heteroatoms. The number of amides is 2. The maximum Gasteiger partial charge on any atom is 0.410 e. The zero-order valence-corrected chi connectivity index (χ0v) is 17.6. The molecule has 0 saturated carbocycles. The summed E-state index contributed by atoms with van der Waals surface area (Å²) in [5, 5.41) is 13.5. The third-order valence-electron chi connectivity index (χ3n) is 4.68. The number of aromatic amines is 1. The minimum atomic E-state index is -0.422. The molecule has 0 bridgehead atoms. The number of hydrogen-bond donors (Lipinski definition) is 2. The fourth-order valence-electron chi connectivity index (χ4n) is 3.13. The normalized spacial score (nSPS) is 14.4. The van der Waals surface area contributed by atoms with Gasteiger partial charge in [0.1, 0.15) is 12.3 Å². The first kappa shape index (κ1) is 22.0. The predicted molar refractivity (Wildman–Crippen MR) is 109 cm³/mol. The molecule has 0 unspecified atom stereocenters. The summed E-state index contributed by atoms with van der Waals surface area (Å²) in [7, 11) is 0. The van der Waals surface area contributed by atoms with Crippen molar-refractivity contribution in [1.29, 1.82) is 0 Å². The van der Waals surface area contributed by atoms with Crippen LogP contribution in [-0.4, -0.2) is 57.2 Å². The minimum absolute atomic E-state index is 0.0459. The van der Waals surface area contributed by atoms with Gasteiger partial charge in [-0.15, -0.1) is 0 Å². The van der Waals surface area contributed by atoms with Crippen LogP contribution in [0, 0.1) is 0 Å². The Morgan fingerprint density at radius 3 is 2.47 bits per heavy atom. The lowest BCUT2D eigenvalue weighted by Gasteiger charge is -2.31. The number of carbonyl (C=O) groups excluding carboxylic acids is 3. The number of nitrogens with one attached hydrogen (secondary N) is 2. The maximum atomic E-state index is 12.3. The molecule has 1 aliphatic heterocycles. The first-order valence-electron chi connectivity index (χ1n) is 9.45. The third-order valence-corrected chi connectivity index (χ3v) is 5.12. The molecule has 3 rings (SSSR count). The topological polar surface area (TPSA) is 117 Å². The fourth-order valence-corrected chi connectivity index (χ4v) is 3.70. The lowest BCUT2D eigenvalue weighted by Crippen LogP contribution is -2.46. The molecule has 1 saturated heterocycles. The van der Waals surface area contributed by atoms with Crippen molar-refractivity contribution in [3.05, 3.63) is 45.7 Å². The maximum absolute atomic E-state index is 12.3. The number of halogens is 2. The van der Waals surface area contributed by atoms with Gasteiger partial charge in [-0.2, -0.15) is 15.4 Å². The van der Waals surface area contributed by atoms with Gasteiger partial charge in [-0.05, 0) is 36.6 Å². The molecule has 2 aromatic rings. The van der Waals surface area contributed by atoms with Gasteiger partial charge in [-0.3, -0.25) is 9.59 Å². The van der Waals surface area contributed by atoms with E-state index in [9.17, 15) is 14.4 Å². The molecule has 9 nitrogen and oxygen atoms in total. The summed E-state index contributed by atoms with van der Waals surface area (Å²) in [6.45, 7) is 1.02. The van der Waals surface area contributed by atoms with Crippen molar-refractivity contribution < 1.29 is 19.1 Å². The average molecular weight is 454 g/mol. The van der Waals surface area contributed by atoms with Crippen LogP contribution in [0.4, 0.5) is 4.79 Å². The van der Waals surface area contributed by atoms with Crippen molar-refractivity contribution in [3.8, 4) is 0 Å². The van der Waals surface area contributed by atoms with E-state index >= 15 is 0 Å². The third kappa shape index (κ3) is 6.43. The number of ketones is 1. The summed E-state index contributed by atoms with van der Waals surface area (Å²) in [6, 6.07) is 4.94. The smallest absolute Gasteiger partial charge is 0.410 e. The Hall–Kier alpha value is -2.65. The monoisotopic (exact) mass is 453 g/mol. The van der Waals surface area contributed by atoms with Crippen LogP contribution in [0.3, 0.4) is 0 Å². The standard InChI is InChI=1S/C19H21Cl2N5O4/c20-13-7-12(8-14(21)9-13)11-30-19(29)26-5-3-15(4-6-26)23-18(28)2-1-17(27)16-10-22-25-24-16/h7-10,15H,1-6,11H2,(H,23,28)(H,22,24,25). The minimum Gasteiger partial charge on any atom is -0.445 e. The number of hydrogen-bond acceptors (Lipinski definition) is 6. The molecule has 1 aromatic carbocycles. The molecule has 1 fully saturated rings. The average Bonchev–Trinajstić information content (AvgIpc) is 3.25. The summed E-state index contributed by atoms with van der Waals surface area (Å²) in [5.41, 5.74) is 0.929. The Kier molecular flexibility index (Phi) is 7.64. The van der Waals surface area contributed by atoms with E-state index in [1.807, 2.05) is 0 Å². The number of rotatable bonds is 7. The Morgan fingerprint density at radius 1 is 1.13 bits per heavy atom. The molecule has 1 aliphatic rings. The number of piperidine rings is 1. The van der Waals surface area contributed by atoms with Gasteiger partial charge < -0.3 is 15.0 Å². The van der Waals surface area contributed by atoms with Gasteiger partial charge in [0, 0.05) is 42.0 Å². The van der Waals surface area contributed by atoms with Crippen LogP contribution < -0.4 is 5.32 Å². The van der Waals surface area contributed by atoms with Gasteiger partial charge in [-0.1, -0.05) is 23.2 Å². The second-order valence-electron chi connectivity index (χ2n) is 6.94. The van der Waals surface area contributed by atoms with Crippen molar-refractivity contribution in [2.75, 3.05) is 13.1 Å². The number of Topliss-reactive ketones (excluding diaryl/α,β-unsaturated/α-hetero) is 1. The quantitative estimate of drug-likeness (QED) is 0.622. The van der Waals surface area contributed by atoms with Gasteiger partial charge in [-0.25, -0.2) is 4.79 Å². The highest BCUT2D eigenvalue weighted by Crippen LogP contribution is 2.20. The highest BCUT2D eigenvalue weighted by Gasteiger charge is 2.25. The van der Waals surface area contributed by atoms with Crippen LogP contribution >= 0.6 is 23.2 Å². The fraction of sp³-hybridized carbons (Fsp3) is 0.421. The molecule has 2 N–H and O–H groups in total. The molecule has 0 spiro atoms. The molecule has 1 aromatic heterocycles. The van der Waals surface area contributed by atoms with E-state index in [0.717, 1.165) is 0 Å². The van der Waals surface area contributed by atoms with Gasteiger partial charge in [0.25, 0.3) is 0 Å². The first-order valence-corrected chi connectivity index (χ1v) is 10.2. The van der Waals surface area contributed by atoms with E-state index in [0.29, 0.717) is 41.5 Å². The van der Waals surface area contributed by atoms with Crippen molar-refractivity contribution >= 4 is 41.0 Å². The highest BCUT2D eigenvalue weighted by atomic mass is 35.5. The van der Waals surface area contributed by atoms with Crippen LogP contribution in [-0.2, 0) is 16.1 Å². The van der Waals surface area contributed by atoms with Crippen LogP contribution in [0.1, 0.15) is 41.7 Å². The van der Waals surface area contributed by atoms with Crippen LogP contribution in [0.5, 0.6) is 0 Å². The summed E-state index contributed by atoms with van der Waals surface area (Å²) in [5.74, 6) is -0.442. The van der Waals surface area contributed by atoms with Crippen LogP contribution in [0.15, 0.2) is 24.4 Å². The number of likely N-dealkylation sites (tertiary alicyclic amines) is 1. The molecular weight excluding hydrogens is 433 g/mol. The number of benzene rings is 1. The zero-order valence-electron chi connectivity index (χ0n) is 16.1. The summed E-state index contributed by atoms with van der Waals surface area (Å²) >= 11 is 11.9. The molecule has 2 heterocycles. The lowest BCUT2D eigenvalue weighted by molar-refractivity contribution is -0.122. The van der Waals surface area contributed by atoms with E-state index in [1.54, 1.807) is 23.1 Å². The molecule has 160 valence electrons. The molecule has 0 atom stereocenters. The molecular formula is C19H21Cl2N5O4. The zero-order chi connectivity index (χ0) is 21.5. The van der Waals surface area contributed by atoms with Crippen LogP contribution in [0.2, 0.25) is 10.0 Å². The molecule has 0 aliphatic carbocycles. The Morgan fingerprint density at radius 2 is 1.83 bits per heavy atom. The van der Waals surface area contributed by atoms with Gasteiger partial charge in [0.2, 0.25) is 5.91 Å². The number of H-pyrrole nitrogens is 1. The van der Waals surface area contributed by atoms with Gasteiger partial charge in [0.15, 0.2) is 5.78 Å². The highest BCUT2D eigenvalue weighted by molar-refractivity contribution is 6.34. The lowest BCUT2D eigenvalue weighted by atomic mass is 10.0. The SMILES string of the molecule is O=C(CCC(=O)c1cn[nH]n1)NC1CCN(C(=O)OCc2cc(Cl)cc(Cl)c2)CC1. The molecule has 2 amide bonds. The number of aromatic nitrogens is 3. The first-order chi connectivity index (χ1) is 14.4. The van der Waals surface area contributed by atoms with E-state index in [4.69, 9.17) is 27.9 Å². The summed E-state index contributed by atoms with van der Waals surface area (Å²) in [6.07, 6.45) is 2.28. The summed E-state index contributed by atoms with van der Waals surface area (Å²) < 4.78 is 5.33. The van der Waals surface area contributed by atoms with E-state index in [-0.39, 0.29) is 42.9 Å². The Labute approximate surface area is 183 Å². The van der Waals surface area contributed by atoms with Crippen molar-refractivity contribution in [3.63, 3.8) is 0 Å². The molecule has 30 heavy (non-hydrogen) atoms. The number of nitrogens with zero attached hydrogens (tertiary/aromatic N) is 3. The number of carbonyl (C=O) groups is 3. The van der Waals surface area contributed by atoms with Gasteiger partial charge in [0.05, 0.1) is 6.20 Å². The van der Waals surface area contributed by atoms with E-state index < -0.39 is 6.09 Å². The second kappa shape index (κ2) is 10.4. The Bertz CT molecular complexity index is 878. The van der Waals surface area contributed by atoms with E-state index in [1.165, 1.54) is 6.20 Å². The Balaban J connectivity index is 1.36. The van der Waals surface area contributed by atoms with Gasteiger partial charge >= 0.3 is 6.09 Å². The van der Waals surface area contributed by atoms with Crippen molar-refractivity contribution in [1.82, 2.24) is 25.6 Å². The second-order valence-corrected chi connectivity index (χ2v) is 7.81. The van der Waals surface area contributed by atoms with Crippen molar-refractivity contribution in [2.45, 2.75) is 38.3 Å². The summed E-state index contributed by atoms with van der Waals surface area (Å²) in [4.78, 5) is 37.8. The largest absolute Gasteiger partial charge is 0.445 e. The van der Waals surface area contributed by atoms with Crippen LogP contribution in [0.25, 0.3) is 0 Å². The van der Waals surface area contributed by atoms with Crippen molar-refractivity contribution in [2.24, 2.45) is 0 Å².